The van der Waals surface area contributed by atoms with Crippen molar-refractivity contribution in [1.82, 2.24) is 4.90 Å². The summed E-state index contributed by atoms with van der Waals surface area (Å²) in [6.45, 7) is 1.60. The number of hydrogen-bond acceptors (Lipinski definition) is 3. The van der Waals surface area contributed by atoms with E-state index in [4.69, 9.17) is 4.74 Å². The van der Waals surface area contributed by atoms with Gasteiger partial charge in [-0.1, -0.05) is 30.3 Å². The molecule has 1 atom stereocenters. The van der Waals surface area contributed by atoms with Crippen LogP contribution in [0.3, 0.4) is 0 Å². The van der Waals surface area contributed by atoms with Gasteiger partial charge in [-0.05, 0) is 30.7 Å². The van der Waals surface area contributed by atoms with Gasteiger partial charge in [-0.25, -0.2) is 4.39 Å². The van der Waals surface area contributed by atoms with Gasteiger partial charge in [-0.15, -0.1) is 0 Å². The third kappa shape index (κ3) is 4.29. The van der Waals surface area contributed by atoms with Crippen LogP contribution < -0.4 is 4.74 Å². The molecule has 0 aromatic heterocycles. The van der Waals surface area contributed by atoms with Crippen molar-refractivity contribution in [3.63, 3.8) is 0 Å². The minimum Gasteiger partial charge on any atom is -0.483 e. The third-order valence-electron chi connectivity index (χ3n) is 3.82. The summed E-state index contributed by atoms with van der Waals surface area (Å²) in [6, 6.07) is 12.9. The number of likely N-dealkylation sites (N-methyl/N-ethyl adjacent to an activating group) is 1. The fourth-order valence-electron chi connectivity index (χ4n) is 2.20. The zero-order valence-corrected chi connectivity index (χ0v) is 13.2. The third-order valence-corrected chi connectivity index (χ3v) is 3.82. The Hall–Kier alpha value is -2.40. The van der Waals surface area contributed by atoms with Gasteiger partial charge in [0, 0.05) is 12.6 Å². The lowest BCUT2D eigenvalue weighted by molar-refractivity contribution is -0.134. The smallest absolute Gasteiger partial charge is 0.260 e. The van der Waals surface area contributed by atoms with Crippen molar-refractivity contribution in [3.8, 4) is 5.75 Å². The minimum absolute atomic E-state index is 0.126. The Labute approximate surface area is 135 Å². The van der Waals surface area contributed by atoms with E-state index in [0.29, 0.717) is 11.3 Å². The van der Waals surface area contributed by atoms with Crippen LogP contribution in [0.1, 0.15) is 24.1 Å². The number of nitrogens with zero attached hydrogens (tertiary/aromatic N) is 1. The van der Waals surface area contributed by atoms with E-state index in [-0.39, 0.29) is 31.0 Å². The molecule has 1 N–H and O–H groups in total. The summed E-state index contributed by atoms with van der Waals surface area (Å²) in [4.78, 5) is 13.8. The lowest BCUT2D eigenvalue weighted by atomic mass is 10.1. The molecule has 0 saturated carbocycles. The Morgan fingerprint density at radius 3 is 2.52 bits per heavy atom. The first-order valence-corrected chi connectivity index (χ1v) is 7.35. The summed E-state index contributed by atoms with van der Waals surface area (Å²) in [7, 11) is 1.68. The summed E-state index contributed by atoms with van der Waals surface area (Å²) in [5, 5.41) is 9.25. The summed E-state index contributed by atoms with van der Waals surface area (Å²) in [6.07, 6.45) is 0. The number of ether oxygens (including phenoxy) is 1. The molecule has 0 aliphatic heterocycles. The zero-order chi connectivity index (χ0) is 16.8. The van der Waals surface area contributed by atoms with Crippen LogP contribution in [0.2, 0.25) is 0 Å². The van der Waals surface area contributed by atoms with Crippen molar-refractivity contribution >= 4 is 5.91 Å². The lowest BCUT2D eigenvalue weighted by Gasteiger charge is -2.25. The SMILES string of the molecule is CC(c1ccc(F)cc1)N(C)C(=O)COc1ccccc1CO. The highest BCUT2D eigenvalue weighted by atomic mass is 19.1. The van der Waals surface area contributed by atoms with Crippen molar-refractivity contribution in [2.24, 2.45) is 0 Å². The molecule has 5 heteroatoms. The number of para-hydroxylation sites is 1. The predicted octanol–water partition coefficient (Wildman–Crippen LogP) is 2.92. The molecule has 0 radical (unpaired) electrons. The van der Waals surface area contributed by atoms with Gasteiger partial charge in [0.2, 0.25) is 0 Å². The van der Waals surface area contributed by atoms with E-state index in [1.54, 1.807) is 48.3 Å². The standard InChI is InChI=1S/C18H20FNO3/c1-13(14-7-9-16(19)10-8-14)20(2)18(22)12-23-17-6-4-3-5-15(17)11-21/h3-10,13,21H,11-12H2,1-2H3. The number of hydrogen-bond donors (Lipinski definition) is 1. The first kappa shape index (κ1) is 17.0. The van der Waals surface area contributed by atoms with E-state index in [0.717, 1.165) is 5.56 Å². The number of amides is 1. The molecule has 122 valence electrons. The molecule has 0 heterocycles. The van der Waals surface area contributed by atoms with E-state index in [1.165, 1.54) is 12.1 Å². The number of benzene rings is 2. The molecular formula is C18H20FNO3. The van der Waals surface area contributed by atoms with Crippen molar-refractivity contribution in [3.05, 3.63) is 65.5 Å². The molecule has 0 aliphatic rings. The second-order valence-corrected chi connectivity index (χ2v) is 5.29. The van der Waals surface area contributed by atoms with Gasteiger partial charge in [0.05, 0.1) is 12.6 Å². The largest absolute Gasteiger partial charge is 0.483 e. The van der Waals surface area contributed by atoms with Gasteiger partial charge < -0.3 is 14.7 Å². The summed E-state index contributed by atoms with van der Waals surface area (Å²) >= 11 is 0. The Balaban J connectivity index is 1.98. The number of halogens is 1. The Bertz CT molecular complexity index is 658. The fourth-order valence-corrected chi connectivity index (χ4v) is 2.20. The highest BCUT2D eigenvalue weighted by Crippen LogP contribution is 2.21. The van der Waals surface area contributed by atoms with Crippen LogP contribution >= 0.6 is 0 Å². The van der Waals surface area contributed by atoms with Crippen LogP contribution in [-0.4, -0.2) is 29.6 Å². The molecule has 0 fully saturated rings. The van der Waals surface area contributed by atoms with Crippen molar-refractivity contribution in [2.75, 3.05) is 13.7 Å². The molecule has 0 bridgehead atoms. The van der Waals surface area contributed by atoms with E-state index in [2.05, 4.69) is 0 Å². The number of carbonyl (C=O) groups is 1. The summed E-state index contributed by atoms with van der Waals surface area (Å²) in [5.41, 5.74) is 1.48. The molecule has 1 unspecified atom stereocenters. The number of aliphatic hydroxyl groups excluding tert-OH is 1. The van der Waals surface area contributed by atoms with E-state index < -0.39 is 0 Å². The van der Waals surface area contributed by atoms with Crippen molar-refractivity contribution < 1.29 is 19.0 Å². The average Bonchev–Trinajstić information content (AvgIpc) is 2.59. The first-order valence-electron chi connectivity index (χ1n) is 7.35. The molecule has 2 aromatic rings. The van der Waals surface area contributed by atoms with Gasteiger partial charge in [-0.3, -0.25) is 4.79 Å². The van der Waals surface area contributed by atoms with Crippen LogP contribution in [0.5, 0.6) is 5.75 Å². The predicted molar refractivity (Wildman–Crippen MR) is 85.4 cm³/mol. The van der Waals surface area contributed by atoms with Crippen LogP contribution in [0.4, 0.5) is 4.39 Å². The van der Waals surface area contributed by atoms with Gasteiger partial charge in [0.15, 0.2) is 6.61 Å². The molecule has 1 amide bonds. The van der Waals surface area contributed by atoms with Gasteiger partial charge in [0.1, 0.15) is 11.6 Å². The molecule has 0 saturated heterocycles. The van der Waals surface area contributed by atoms with Gasteiger partial charge in [-0.2, -0.15) is 0 Å². The summed E-state index contributed by atoms with van der Waals surface area (Å²) < 4.78 is 18.5. The second kappa shape index (κ2) is 7.74. The Kier molecular flexibility index (Phi) is 5.71. The summed E-state index contributed by atoms with van der Waals surface area (Å²) in [5.74, 6) is -0.0142. The normalized spacial score (nSPS) is 11.8. The number of rotatable bonds is 6. The van der Waals surface area contributed by atoms with E-state index in [9.17, 15) is 14.3 Å². The fraction of sp³-hybridized carbons (Fsp3) is 0.278. The number of aliphatic hydroxyl groups is 1. The lowest BCUT2D eigenvalue weighted by Crippen LogP contribution is -2.33. The molecule has 2 rings (SSSR count). The second-order valence-electron chi connectivity index (χ2n) is 5.29. The minimum atomic E-state index is -0.307. The van der Waals surface area contributed by atoms with Crippen molar-refractivity contribution in [1.29, 1.82) is 0 Å². The van der Waals surface area contributed by atoms with Crippen LogP contribution in [0, 0.1) is 5.82 Å². The molecule has 0 aliphatic carbocycles. The van der Waals surface area contributed by atoms with Crippen molar-refractivity contribution in [2.45, 2.75) is 19.6 Å². The molecule has 23 heavy (non-hydrogen) atoms. The average molecular weight is 317 g/mol. The topological polar surface area (TPSA) is 49.8 Å². The quantitative estimate of drug-likeness (QED) is 0.891. The molecule has 2 aromatic carbocycles. The highest BCUT2D eigenvalue weighted by molar-refractivity contribution is 5.78. The zero-order valence-electron chi connectivity index (χ0n) is 13.2. The molecule has 0 spiro atoms. The molecule has 4 nitrogen and oxygen atoms in total. The molecular weight excluding hydrogens is 297 g/mol. The van der Waals surface area contributed by atoms with Crippen LogP contribution in [0.15, 0.2) is 48.5 Å². The monoisotopic (exact) mass is 317 g/mol. The van der Waals surface area contributed by atoms with E-state index in [1.807, 2.05) is 6.92 Å². The van der Waals surface area contributed by atoms with Crippen LogP contribution in [0.25, 0.3) is 0 Å². The maximum absolute atomic E-state index is 13.0. The van der Waals surface area contributed by atoms with Gasteiger partial charge >= 0.3 is 0 Å². The Morgan fingerprint density at radius 1 is 1.22 bits per heavy atom. The highest BCUT2D eigenvalue weighted by Gasteiger charge is 2.18. The maximum atomic E-state index is 13.0. The Morgan fingerprint density at radius 2 is 1.87 bits per heavy atom. The maximum Gasteiger partial charge on any atom is 0.260 e. The number of carbonyl (C=O) groups excluding carboxylic acids is 1. The van der Waals surface area contributed by atoms with Crippen LogP contribution in [-0.2, 0) is 11.4 Å². The van der Waals surface area contributed by atoms with Gasteiger partial charge in [0.25, 0.3) is 5.91 Å². The van der Waals surface area contributed by atoms with E-state index >= 15 is 0 Å². The first-order chi connectivity index (χ1) is 11.0.